The standard InChI is InChI=1S/C11H15FN4O2/c12-9(15-10-13-5-4-6-14-10)18-11(17)16-7-2-1-3-8-16/h4-6,9H,1-3,7-8H2,(H,13,14,15). The molecule has 1 atom stereocenters. The molecular weight excluding hydrogens is 239 g/mol. The highest BCUT2D eigenvalue weighted by atomic mass is 19.1. The SMILES string of the molecule is O=C(OC(F)Nc1ncccn1)N1CCCCC1. The number of nitrogens with one attached hydrogen (secondary N) is 1. The Morgan fingerprint density at radius 2 is 2.00 bits per heavy atom. The molecule has 1 fully saturated rings. The molecule has 0 aromatic carbocycles. The van der Waals surface area contributed by atoms with Crippen LogP contribution in [0.25, 0.3) is 0 Å². The molecule has 1 aromatic heterocycles. The molecule has 1 aliphatic rings. The monoisotopic (exact) mass is 254 g/mol. The Morgan fingerprint density at radius 1 is 1.33 bits per heavy atom. The van der Waals surface area contributed by atoms with Gasteiger partial charge in [0.05, 0.1) is 0 Å². The highest BCUT2D eigenvalue weighted by Crippen LogP contribution is 2.11. The summed E-state index contributed by atoms with van der Waals surface area (Å²) in [5.41, 5.74) is 0. The molecule has 1 amide bonds. The first-order valence-corrected chi connectivity index (χ1v) is 5.89. The van der Waals surface area contributed by atoms with Crippen molar-refractivity contribution < 1.29 is 13.9 Å². The van der Waals surface area contributed by atoms with Gasteiger partial charge in [0, 0.05) is 25.5 Å². The number of hydrogen-bond donors (Lipinski definition) is 1. The molecule has 2 heterocycles. The molecule has 0 aliphatic carbocycles. The maximum Gasteiger partial charge on any atom is 0.413 e. The number of amides is 1. The molecule has 1 N–H and O–H groups in total. The third kappa shape index (κ3) is 3.54. The van der Waals surface area contributed by atoms with Crippen molar-refractivity contribution in [1.82, 2.24) is 14.9 Å². The molecule has 0 spiro atoms. The van der Waals surface area contributed by atoms with Crippen molar-refractivity contribution in [2.24, 2.45) is 0 Å². The summed E-state index contributed by atoms with van der Waals surface area (Å²) >= 11 is 0. The van der Waals surface area contributed by atoms with Crippen LogP contribution in [0.4, 0.5) is 15.1 Å². The highest BCUT2D eigenvalue weighted by molar-refractivity contribution is 5.67. The van der Waals surface area contributed by atoms with Crippen LogP contribution in [0, 0.1) is 0 Å². The lowest BCUT2D eigenvalue weighted by atomic mass is 10.1. The van der Waals surface area contributed by atoms with E-state index in [0.717, 1.165) is 19.3 Å². The molecule has 18 heavy (non-hydrogen) atoms. The van der Waals surface area contributed by atoms with Crippen molar-refractivity contribution in [3.8, 4) is 0 Å². The number of halogens is 1. The lowest BCUT2D eigenvalue weighted by Gasteiger charge is -2.26. The first-order chi connectivity index (χ1) is 8.75. The summed E-state index contributed by atoms with van der Waals surface area (Å²) in [5.74, 6) is 0.0800. The average molecular weight is 254 g/mol. The van der Waals surface area contributed by atoms with E-state index in [4.69, 9.17) is 0 Å². The smallest absolute Gasteiger partial charge is 0.396 e. The molecule has 6 nitrogen and oxygen atoms in total. The van der Waals surface area contributed by atoms with Crippen molar-refractivity contribution in [3.63, 3.8) is 0 Å². The molecule has 7 heteroatoms. The van der Waals surface area contributed by atoms with E-state index in [-0.39, 0.29) is 5.95 Å². The van der Waals surface area contributed by atoms with Crippen LogP contribution in [-0.4, -0.2) is 40.5 Å². The predicted molar refractivity (Wildman–Crippen MR) is 62.5 cm³/mol. The molecule has 1 aromatic rings. The van der Waals surface area contributed by atoms with E-state index in [2.05, 4.69) is 20.0 Å². The molecule has 0 saturated carbocycles. The molecule has 1 saturated heterocycles. The normalized spacial score (nSPS) is 17.1. The average Bonchev–Trinajstić information content (AvgIpc) is 2.40. The van der Waals surface area contributed by atoms with Crippen LogP contribution in [0.1, 0.15) is 19.3 Å². The fourth-order valence-electron chi connectivity index (χ4n) is 1.74. The Balaban J connectivity index is 1.79. The zero-order valence-corrected chi connectivity index (χ0v) is 9.88. The highest BCUT2D eigenvalue weighted by Gasteiger charge is 2.21. The van der Waals surface area contributed by atoms with Crippen molar-refractivity contribution >= 4 is 12.0 Å². The Hall–Kier alpha value is -1.92. The number of carbonyl (C=O) groups is 1. The van der Waals surface area contributed by atoms with Crippen LogP contribution in [0.2, 0.25) is 0 Å². The molecule has 98 valence electrons. The van der Waals surface area contributed by atoms with Crippen LogP contribution in [0.3, 0.4) is 0 Å². The van der Waals surface area contributed by atoms with E-state index >= 15 is 0 Å². The van der Waals surface area contributed by atoms with Gasteiger partial charge in [0.1, 0.15) is 0 Å². The summed E-state index contributed by atoms with van der Waals surface area (Å²) in [6.45, 7) is -0.706. The van der Waals surface area contributed by atoms with Crippen LogP contribution in [0.15, 0.2) is 18.5 Å². The molecule has 0 bridgehead atoms. The number of aromatic nitrogens is 2. The number of hydrogen-bond acceptors (Lipinski definition) is 5. The van der Waals surface area contributed by atoms with Crippen LogP contribution in [0.5, 0.6) is 0 Å². The van der Waals surface area contributed by atoms with Gasteiger partial charge in [0.2, 0.25) is 5.95 Å². The topological polar surface area (TPSA) is 67.3 Å². The van der Waals surface area contributed by atoms with Crippen molar-refractivity contribution in [2.45, 2.75) is 25.7 Å². The quantitative estimate of drug-likeness (QED) is 0.657. The van der Waals surface area contributed by atoms with E-state index in [9.17, 15) is 9.18 Å². The first-order valence-electron chi connectivity index (χ1n) is 5.89. The lowest BCUT2D eigenvalue weighted by Crippen LogP contribution is -2.38. The third-order valence-corrected chi connectivity index (χ3v) is 2.63. The molecular formula is C11H15FN4O2. The second kappa shape index (κ2) is 6.13. The Morgan fingerprint density at radius 3 is 2.67 bits per heavy atom. The van der Waals surface area contributed by atoms with Crippen molar-refractivity contribution in [3.05, 3.63) is 18.5 Å². The van der Waals surface area contributed by atoms with E-state index in [1.807, 2.05) is 0 Å². The van der Waals surface area contributed by atoms with E-state index in [1.165, 1.54) is 17.3 Å². The minimum atomic E-state index is -1.94. The summed E-state index contributed by atoms with van der Waals surface area (Å²) in [6.07, 6.45) is 5.25. The number of piperidine rings is 1. The Kier molecular flexibility index (Phi) is 4.27. The summed E-state index contributed by atoms with van der Waals surface area (Å²) < 4.78 is 18.1. The number of carbonyl (C=O) groups excluding carboxylic acids is 1. The van der Waals surface area contributed by atoms with Gasteiger partial charge >= 0.3 is 12.6 Å². The van der Waals surface area contributed by atoms with Gasteiger partial charge in [0.25, 0.3) is 0 Å². The summed E-state index contributed by atoms with van der Waals surface area (Å²) in [5, 5.41) is 2.25. The molecule has 0 radical (unpaired) electrons. The second-order valence-corrected chi connectivity index (χ2v) is 3.96. The number of likely N-dealkylation sites (tertiary alicyclic amines) is 1. The van der Waals surface area contributed by atoms with E-state index in [0.29, 0.717) is 13.1 Å². The third-order valence-electron chi connectivity index (χ3n) is 2.63. The molecule has 2 rings (SSSR count). The summed E-state index contributed by atoms with van der Waals surface area (Å²) in [4.78, 5) is 20.6. The van der Waals surface area contributed by atoms with Crippen molar-refractivity contribution in [1.29, 1.82) is 0 Å². The van der Waals surface area contributed by atoms with Crippen LogP contribution < -0.4 is 5.32 Å². The van der Waals surface area contributed by atoms with Gasteiger partial charge in [-0.2, -0.15) is 4.39 Å². The number of alkyl halides is 1. The van der Waals surface area contributed by atoms with Gasteiger partial charge in [0.15, 0.2) is 0 Å². The zero-order valence-electron chi connectivity index (χ0n) is 9.88. The van der Waals surface area contributed by atoms with Crippen LogP contribution >= 0.6 is 0 Å². The summed E-state index contributed by atoms with van der Waals surface area (Å²) in [6, 6.07) is 1.61. The summed E-state index contributed by atoms with van der Waals surface area (Å²) in [7, 11) is 0. The number of ether oxygens (including phenoxy) is 1. The Labute approximate surface area is 104 Å². The maximum absolute atomic E-state index is 13.4. The lowest BCUT2D eigenvalue weighted by molar-refractivity contribution is 0.00831. The maximum atomic E-state index is 13.4. The number of anilines is 1. The van der Waals surface area contributed by atoms with Gasteiger partial charge in [-0.3, -0.25) is 5.32 Å². The second-order valence-electron chi connectivity index (χ2n) is 3.96. The predicted octanol–water partition coefficient (Wildman–Crippen LogP) is 1.76. The largest absolute Gasteiger partial charge is 0.413 e. The Bertz CT molecular complexity index is 384. The minimum absolute atomic E-state index is 0.0800. The van der Waals surface area contributed by atoms with Gasteiger partial charge in [-0.1, -0.05) is 0 Å². The van der Waals surface area contributed by atoms with Crippen LogP contribution in [-0.2, 0) is 4.74 Å². The van der Waals surface area contributed by atoms with Gasteiger partial charge in [-0.05, 0) is 25.3 Å². The van der Waals surface area contributed by atoms with Crippen molar-refractivity contribution in [2.75, 3.05) is 18.4 Å². The van der Waals surface area contributed by atoms with E-state index < -0.39 is 12.6 Å². The number of nitrogens with zero attached hydrogens (tertiary/aromatic N) is 3. The fraction of sp³-hybridized carbons (Fsp3) is 0.545. The number of rotatable bonds is 3. The fourth-order valence-corrected chi connectivity index (χ4v) is 1.74. The van der Waals surface area contributed by atoms with E-state index in [1.54, 1.807) is 6.07 Å². The van der Waals surface area contributed by atoms with Gasteiger partial charge in [-0.15, -0.1) is 0 Å². The van der Waals surface area contributed by atoms with Gasteiger partial charge in [-0.25, -0.2) is 14.8 Å². The molecule has 1 aliphatic heterocycles. The zero-order chi connectivity index (χ0) is 12.8. The first kappa shape index (κ1) is 12.5. The van der Waals surface area contributed by atoms with Gasteiger partial charge < -0.3 is 9.64 Å². The minimum Gasteiger partial charge on any atom is -0.396 e. The molecule has 1 unspecified atom stereocenters.